The van der Waals surface area contributed by atoms with Gasteiger partial charge in [0.1, 0.15) is 4.47 Å². The van der Waals surface area contributed by atoms with E-state index in [1.54, 1.807) is 12.3 Å². The molecule has 98 valence electrons. The van der Waals surface area contributed by atoms with Crippen LogP contribution in [0.5, 0.6) is 0 Å². The molecule has 0 amide bonds. The maximum atomic E-state index is 12.1. The molecule has 1 N–H and O–H groups in total. The molecular weight excluding hydrogens is 296 g/mol. The van der Waals surface area contributed by atoms with Crippen LogP contribution >= 0.6 is 15.9 Å². The highest BCUT2D eigenvalue weighted by atomic mass is 79.9. The number of nitrogens with one attached hydrogen (secondary N) is 1. The highest BCUT2D eigenvalue weighted by Crippen LogP contribution is 2.21. The molecule has 0 aromatic carbocycles. The summed E-state index contributed by atoms with van der Waals surface area (Å²) in [5, 5.41) is 7.51. The van der Waals surface area contributed by atoms with Crippen molar-refractivity contribution < 1.29 is 0 Å². The Labute approximate surface area is 115 Å². The number of nitrogens with zero attached hydrogens (tertiary/aromatic N) is 3. The van der Waals surface area contributed by atoms with E-state index in [4.69, 9.17) is 0 Å². The van der Waals surface area contributed by atoms with Gasteiger partial charge in [-0.1, -0.05) is 6.08 Å². The Morgan fingerprint density at radius 1 is 1.50 bits per heavy atom. The molecule has 2 heterocycles. The van der Waals surface area contributed by atoms with Gasteiger partial charge < -0.3 is 10.2 Å². The predicted molar refractivity (Wildman–Crippen MR) is 76.1 cm³/mol. The maximum absolute atomic E-state index is 12.1. The van der Waals surface area contributed by atoms with Gasteiger partial charge in [0.05, 0.1) is 18.4 Å². The topological polar surface area (TPSA) is 50.2 Å². The standard InChI is InChI=1S/C12H17BrN4O/c1-2-6-17-12(18)11(13)10(9-15-17)16-7-3-4-14-5-8-16/h2,9,14H,1,3-8H2. The molecule has 6 heteroatoms. The Balaban J connectivity index is 2.30. The molecule has 0 radical (unpaired) electrons. The van der Waals surface area contributed by atoms with Crippen molar-refractivity contribution in [1.29, 1.82) is 0 Å². The zero-order valence-corrected chi connectivity index (χ0v) is 11.8. The lowest BCUT2D eigenvalue weighted by molar-refractivity contribution is 0.643. The van der Waals surface area contributed by atoms with E-state index in [2.05, 4.69) is 37.8 Å². The summed E-state index contributed by atoms with van der Waals surface area (Å²) in [6.45, 7) is 7.84. The SMILES string of the molecule is C=CCn1ncc(N2CCCNCC2)c(Br)c1=O. The average Bonchev–Trinajstić information content (AvgIpc) is 2.64. The molecule has 1 saturated heterocycles. The minimum atomic E-state index is -0.107. The second-order valence-corrected chi connectivity index (χ2v) is 5.00. The lowest BCUT2D eigenvalue weighted by Crippen LogP contribution is -2.32. The predicted octanol–water partition coefficient (Wildman–Crippen LogP) is 0.992. The summed E-state index contributed by atoms with van der Waals surface area (Å²) < 4.78 is 1.98. The quantitative estimate of drug-likeness (QED) is 0.846. The summed E-state index contributed by atoms with van der Waals surface area (Å²) in [5.41, 5.74) is 0.772. The first-order valence-electron chi connectivity index (χ1n) is 6.06. The molecule has 0 aliphatic carbocycles. The number of rotatable bonds is 3. The van der Waals surface area contributed by atoms with E-state index >= 15 is 0 Å². The molecule has 1 aliphatic rings. The van der Waals surface area contributed by atoms with Crippen LogP contribution in [0.2, 0.25) is 0 Å². The van der Waals surface area contributed by atoms with Crippen LogP contribution in [0.4, 0.5) is 5.69 Å². The normalized spacial score (nSPS) is 16.4. The van der Waals surface area contributed by atoms with E-state index in [9.17, 15) is 4.79 Å². The number of allylic oxidation sites excluding steroid dienone is 1. The monoisotopic (exact) mass is 312 g/mol. The van der Waals surface area contributed by atoms with Gasteiger partial charge in [0.15, 0.2) is 0 Å². The van der Waals surface area contributed by atoms with E-state index in [1.165, 1.54) is 4.68 Å². The summed E-state index contributed by atoms with van der Waals surface area (Å²) in [6, 6.07) is 0. The van der Waals surface area contributed by atoms with Crippen molar-refractivity contribution in [3.63, 3.8) is 0 Å². The molecule has 2 rings (SSSR count). The summed E-state index contributed by atoms with van der Waals surface area (Å²) >= 11 is 3.39. The fourth-order valence-electron chi connectivity index (χ4n) is 2.02. The Kier molecular flexibility index (Phi) is 4.54. The Bertz CT molecular complexity index is 477. The first-order valence-corrected chi connectivity index (χ1v) is 6.85. The summed E-state index contributed by atoms with van der Waals surface area (Å²) in [6.07, 6.45) is 4.48. The van der Waals surface area contributed by atoms with Crippen LogP contribution in [0.1, 0.15) is 6.42 Å². The van der Waals surface area contributed by atoms with Gasteiger partial charge in [-0.25, -0.2) is 4.68 Å². The Morgan fingerprint density at radius 3 is 3.11 bits per heavy atom. The van der Waals surface area contributed by atoms with Crippen molar-refractivity contribution in [3.05, 3.63) is 33.7 Å². The molecule has 1 aromatic heterocycles. The largest absolute Gasteiger partial charge is 0.368 e. The van der Waals surface area contributed by atoms with Crippen molar-refractivity contribution in [2.75, 3.05) is 31.1 Å². The van der Waals surface area contributed by atoms with Crippen LogP contribution < -0.4 is 15.8 Å². The van der Waals surface area contributed by atoms with Crippen LogP contribution in [-0.4, -0.2) is 36.0 Å². The minimum absolute atomic E-state index is 0.107. The van der Waals surface area contributed by atoms with Crippen molar-refractivity contribution in [2.45, 2.75) is 13.0 Å². The molecular formula is C12H17BrN4O. The first-order chi connectivity index (χ1) is 8.74. The van der Waals surface area contributed by atoms with Gasteiger partial charge in [0.2, 0.25) is 0 Å². The molecule has 0 atom stereocenters. The fourth-order valence-corrected chi connectivity index (χ4v) is 2.57. The Morgan fingerprint density at radius 2 is 2.33 bits per heavy atom. The number of hydrogen-bond donors (Lipinski definition) is 1. The molecule has 0 unspecified atom stereocenters. The number of halogens is 1. The van der Waals surface area contributed by atoms with Gasteiger partial charge >= 0.3 is 0 Å². The van der Waals surface area contributed by atoms with Gasteiger partial charge in [-0.15, -0.1) is 6.58 Å². The van der Waals surface area contributed by atoms with E-state index in [-0.39, 0.29) is 5.56 Å². The number of aromatic nitrogens is 2. The molecule has 1 fully saturated rings. The van der Waals surface area contributed by atoms with Crippen molar-refractivity contribution in [1.82, 2.24) is 15.1 Å². The Hall–Kier alpha value is -1.14. The fraction of sp³-hybridized carbons (Fsp3) is 0.500. The lowest BCUT2D eigenvalue weighted by atomic mass is 10.3. The third-order valence-electron chi connectivity index (χ3n) is 2.95. The molecule has 0 saturated carbocycles. The summed E-state index contributed by atoms with van der Waals surface area (Å²) in [5.74, 6) is 0. The van der Waals surface area contributed by atoms with Crippen molar-refractivity contribution in [3.8, 4) is 0 Å². The zero-order valence-electron chi connectivity index (χ0n) is 10.2. The van der Waals surface area contributed by atoms with Crippen LogP contribution in [0, 0.1) is 0 Å². The number of hydrogen-bond acceptors (Lipinski definition) is 4. The molecule has 0 spiro atoms. The minimum Gasteiger partial charge on any atom is -0.368 e. The van der Waals surface area contributed by atoms with Crippen LogP contribution in [0.15, 0.2) is 28.1 Å². The van der Waals surface area contributed by atoms with Gasteiger partial charge in [-0.3, -0.25) is 4.79 Å². The van der Waals surface area contributed by atoms with E-state index in [0.717, 1.165) is 38.3 Å². The first kappa shape index (κ1) is 13.3. The van der Waals surface area contributed by atoms with E-state index < -0.39 is 0 Å². The second-order valence-electron chi connectivity index (χ2n) is 4.21. The molecule has 5 nitrogen and oxygen atoms in total. The average molecular weight is 313 g/mol. The molecule has 1 aromatic rings. The third-order valence-corrected chi connectivity index (χ3v) is 3.69. The van der Waals surface area contributed by atoms with Crippen LogP contribution in [-0.2, 0) is 6.54 Å². The summed E-state index contributed by atoms with van der Waals surface area (Å²) in [7, 11) is 0. The highest BCUT2D eigenvalue weighted by molar-refractivity contribution is 9.10. The van der Waals surface area contributed by atoms with Crippen LogP contribution in [0.3, 0.4) is 0 Å². The summed E-state index contributed by atoms with van der Waals surface area (Å²) in [4.78, 5) is 14.3. The van der Waals surface area contributed by atoms with Gasteiger partial charge in [0, 0.05) is 19.6 Å². The lowest BCUT2D eigenvalue weighted by Gasteiger charge is -2.23. The van der Waals surface area contributed by atoms with Gasteiger partial charge in [0.25, 0.3) is 5.56 Å². The molecule has 0 bridgehead atoms. The second kappa shape index (κ2) is 6.15. The molecule has 18 heavy (non-hydrogen) atoms. The van der Waals surface area contributed by atoms with Crippen molar-refractivity contribution in [2.24, 2.45) is 0 Å². The van der Waals surface area contributed by atoms with Crippen molar-refractivity contribution >= 4 is 21.6 Å². The van der Waals surface area contributed by atoms with E-state index in [1.807, 2.05) is 0 Å². The smallest absolute Gasteiger partial charge is 0.283 e. The van der Waals surface area contributed by atoms with Gasteiger partial charge in [-0.05, 0) is 28.9 Å². The van der Waals surface area contributed by atoms with Gasteiger partial charge in [-0.2, -0.15) is 5.10 Å². The maximum Gasteiger partial charge on any atom is 0.283 e. The highest BCUT2D eigenvalue weighted by Gasteiger charge is 2.16. The third kappa shape index (κ3) is 2.81. The number of anilines is 1. The zero-order chi connectivity index (χ0) is 13.0. The van der Waals surface area contributed by atoms with Crippen LogP contribution in [0.25, 0.3) is 0 Å². The molecule has 1 aliphatic heterocycles. The van der Waals surface area contributed by atoms with E-state index in [0.29, 0.717) is 11.0 Å².